The van der Waals surface area contributed by atoms with Crippen molar-refractivity contribution in [3.05, 3.63) is 58.1 Å². The molecule has 0 heterocycles. The lowest BCUT2D eigenvalue weighted by Crippen LogP contribution is -2.35. The Bertz CT molecular complexity index is 940. The quantitative estimate of drug-likeness (QED) is 0.701. The summed E-state index contributed by atoms with van der Waals surface area (Å²) in [7, 11) is -2.50. The van der Waals surface area contributed by atoms with Crippen LogP contribution in [0.25, 0.3) is 0 Å². The molecular formula is C18H19BrN2O4S. The smallest absolute Gasteiger partial charge is 0.243 e. The Balaban J connectivity index is 2.10. The molecule has 0 aromatic heterocycles. The van der Waals surface area contributed by atoms with E-state index in [-0.39, 0.29) is 17.2 Å². The van der Waals surface area contributed by atoms with Crippen LogP contribution in [0, 0.1) is 6.92 Å². The van der Waals surface area contributed by atoms with Gasteiger partial charge in [-0.2, -0.15) is 4.31 Å². The van der Waals surface area contributed by atoms with Gasteiger partial charge >= 0.3 is 0 Å². The summed E-state index contributed by atoms with van der Waals surface area (Å²) in [4.78, 5) is 23.5. The molecule has 8 heteroatoms. The number of carbonyl (C=O) groups excluding carboxylic acids is 2. The number of rotatable bonds is 6. The summed E-state index contributed by atoms with van der Waals surface area (Å²) < 4.78 is 27.0. The van der Waals surface area contributed by atoms with E-state index in [4.69, 9.17) is 0 Å². The zero-order valence-corrected chi connectivity index (χ0v) is 17.0. The van der Waals surface area contributed by atoms with Crippen molar-refractivity contribution in [3.8, 4) is 0 Å². The number of nitrogens with one attached hydrogen (secondary N) is 1. The Morgan fingerprint density at radius 1 is 1.12 bits per heavy atom. The summed E-state index contributed by atoms with van der Waals surface area (Å²) in [5.74, 6) is -0.589. The van der Waals surface area contributed by atoms with Crippen molar-refractivity contribution in [3.63, 3.8) is 0 Å². The molecule has 0 spiro atoms. The summed E-state index contributed by atoms with van der Waals surface area (Å²) in [6, 6.07) is 11.0. The first kappa shape index (κ1) is 20.3. The molecule has 0 radical (unpaired) electrons. The number of hydrogen-bond acceptors (Lipinski definition) is 4. The lowest BCUT2D eigenvalue weighted by atomic mass is 10.2. The van der Waals surface area contributed by atoms with Crippen molar-refractivity contribution in [2.45, 2.75) is 18.7 Å². The minimum atomic E-state index is -3.83. The van der Waals surface area contributed by atoms with Crippen LogP contribution in [-0.2, 0) is 14.8 Å². The zero-order chi connectivity index (χ0) is 19.5. The molecule has 2 rings (SSSR count). The zero-order valence-electron chi connectivity index (χ0n) is 14.6. The minimum Gasteiger partial charge on any atom is -0.325 e. The average molecular weight is 439 g/mol. The number of anilines is 1. The van der Waals surface area contributed by atoms with Crippen LogP contribution in [0.15, 0.2) is 51.8 Å². The molecule has 0 fully saturated rings. The third-order valence-corrected chi connectivity index (χ3v) is 6.11. The first-order valence-electron chi connectivity index (χ1n) is 7.74. The van der Waals surface area contributed by atoms with Gasteiger partial charge in [-0.25, -0.2) is 8.42 Å². The number of hydrogen-bond donors (Lipinski definition) is 1. The van der Waals surface area contributed by atoms with E-state index in [1.54, 1.807) is 12.1 Å². The Hall–Kier alpha value is -2.03. The van der Waals surface area contributed by atoms with E-state index in [1.165, 1.54) is 38.2 Å². The van der Waals surface area contributed by atoms with Crippen molar-refractivity contribution in [2.75, 3.05) is 18.9 Å². The standard InChI is InChI=1S/C18H19BrN2O4S/c1-12-10-15(19)6-9-17(12)20-18(23)11-21(3)26(24,25)16-7-4-14(5-8-16)13(2)22/h4-10H,11H2,1-3H3,(H,20,23). The Morgan fingerprint density at radius 2 is 1.73 bits per heavy atom. The van der Waals surface area contributed by atoms with Crippen LogP contribution in [0.3, 0.4) is 0 Å². The predicted molar refractivity (Wildman–Crippen MR) is 104 cm³/mol. The van der Waals surface area contributed by atoms with Gasteiger partial charge in [0.25, 0.3) is 0 Å². The Kier molecular flexibility index (Phi) is 6.33. The highest BCUT2D eigenvalue weighted by Crippen LogP contribution is 2.20. The van der Waals surface area contributed by atoms with Gasteiger partial charge in [0, 0.05) is 22.8 Å². The number of sulfonamides is 1. The van der Waals surface area contributed by atoms with E-state index < -0.39 is 15.9 Å². The van der Waals surface area contributed by atoms with E-state index in [0.29, 0.717) is 11.3 Å². The second-order valence-corrected chi connectivity index (χ2v) is 8.81. The third kappa shape index (κ3) is 4.78. The number of Topliss-reactive ketones (excluding diaryl/α,β-unsaturated/α-hetero) is 1. The largest absolute Gasteiger partial charge is 0.325 e. The molecule has 0 unspecified atom stereocenters. The number of amides is 1. The molecule has 0 aliphatic rings. The second-order valence-electron chi connectivity index (χ2n) is 5.85. The number of carbonyl (C=O) groups is 2. The highest BCUT2D eigenvalue weighted by molar-refractivity contribution is 9.10. The maximum atomic E-state index is 12.6. The van der Waals surface area contributed by atoms with E-state index >= 15 is 0 Å². The maximum absolute atomic E-state index is 12.6. The molecule has 0 bridgehead atoms. The van der Waals surface area contributed by atoms with Gasteiger partial charge in [-0.05, 0) is 49.7 Å². The van der Waals surface area contributed by atoms with Gasteiger partial charge in [0.15, 0.2) is 5.78 Å². The SMILES string of the molecule is CC(=O)c1ccc(S(=O)(=O)N(C)CC(=O)Nc2ccc(Br)cc2C)cc1. The van der Waals surface area contributed by atoms with Crippen LogP contribution in [-0.4, -0.2) is 38.0 Å². The fourth-order valence-corrected chi connectivity index (χ4v) is 3.89. The van der Waals surface area contributed by atoms with Crippen molar-refractivity contribution < 1.29 is 18.0 Å². The van der Waals surface area contributed by atoms with Crippen LogP contribution < -0.4 is 5.32 Å². The van der Waals surface area contributed by atoms with Gasteiger partial charge in [-0.3, -0.25) is 9.59 Å². The number of likely N-dealkylation sites (N-methyl/N-ethyl adjacent to an activating group) is 1. The molecule has 0 saturated carbocycles. The van der Waals surface area contributed by atoms with E-state index in [0.717, 1.165) is 14.3 Å². The van der Waals surface area contributed by atoms with Crippen molar-refractivity contribution >= 4 is 43.3 Å². The molecule has 138 valence electrons. The first-order chi connectivity index (χ1) is 12.1. The van der Waals surface area contributed by atoms with Crippen molar-refractivity contribution in [1.82, 2.24) is 4.31 Å². The molecule has 2 aromatic carbocycles. The lowest BCUT2D eigenvalue weighted by Gasteiger charge is -2.17. The molecule has 6 nitrogen and oxygen atoms in total. The monoisotopic (exact) mass is 438 g/mol. The topological polar surface area (TPSA) is 83.6 Å². The van der Waals surface area contributed by atoms with Crippen LogP contribution >= 0.6 is 15.9 Å². The minimum absolute atomic E-state index is 0.0256. The molecular weight excluding hydrogens is 420 g/mol. The van der Waals surface area contributed by atoms with Crippen molar-refractivity contribution in [1.29, 1.82) is 0 Å². The summed E-state index contributed by atoms with van der Waals surface area (Å²) in [5, 5.41) is 2.71. The summed E-state index contributed by atoms with van der Waals surface area (Å²) >= 11 is 3.35. The lowest BCUT2D eigenvalue weighted by molar-refractivity contribution is -0.116. The van der Waals surface area contributed by atoms with Gasteiger partial charge in [-0.1, -0.05) is 28.1 Å². The average Bonchev–Trinajstić information content (AvgIpc) is 2.57. The molecule has 0 atom stereocenters. The molecule has 26 heavy (non-hydrogen) atoms. The van der Waals surface area contributed by atoms with Crippen LogP contribution in [0.1, 0.15) is 22.8 Å². The van der Waals surface area contributed by atoms with E-state index in [1.807, 2.05) is 13.0 Å². The first-order valence-corrected chi connectivity index (χ1v) is 9.98. The third-order valence-electron chi connectivity index (χ3n) is 3.80. The molecule has 0 aliphatic carbocycles. The fraction of sp³-hybridized carbons (Fsp3) is 0.222. The molecule has 0 saturated heterocycles. The van der Waals surface area contributed by atoms with Crippen LogP contribution in [0.5, 0.6) is 0 Å². The Morgan fingerprint density at radius 3 is 2.27 bits per heavy atom. The van der Waals surface area contributed by atoms with Crippen LogP contribution in [0.4, 0.5) is 5.69 Å². The summed E-state index contributed by atoms with van der Waals surface area (Å²) in [6.07, 6.45) is 0. The molecule has 1 N–H and O–H groups in total. The number of aryl methyl sites for hydroxylation is 1. The number of halogens is 1. The second kappa shape index (κ2) is 8.11. The highest BCUT2D eigenvalue weighted by Gasteiger charge is 2.23. The predicted octanol–water partition coefficient (Wildman–Crippen LogP) is 3.22. The van der Waals surface area contributed by atoms with Gasteiger partial charge in [0.05, 0.1) is 11.4 Å². The fourth-order valence-electron chi connectivity index (χ4n) is 2.29. The van der Waals surface area contributed by atoms with Gasteiger partial charge in [0.2, 0.25) is 15.9 Å². The normalized spacial score (nSPS) is 11.4. The summed E-state index contributed by atoms with van der Waals surface area (Å²) in [5.41, 5.74) is 1.91. The number of benzene rings is 2. The van der Waals surface area contributed by atoms with Crippen molar-refractivity contribution in [2.24, 2.45) is 0 Å². The molecule has 1 amide bonds. The Labute approximate surface area is 161 Å². The van der Waals surface area contributed by atoms with Gasteiger partial charge in [-0.15, -0.1) is 0 Å². The molecule has 2 aromatic rings. The van der Waals surface area contributed by atoms with Gasteiger partial charge < -0.3 is 5.32 Å². The summed E-state index contributed by atoms with van der Waals surface area (Å²) in [6.45, 7) is 2.92. The van der Waals surface area contributed by atoms with Crippen LogP contribution in [0.2, 0.25) is 0 Å². The van der Waals surface area contributed by atoms with E-state index in [2.05, 4.69) is 21.2 Å². The van der Waals surface area contributed by atoms with E-state index in [9.17, 15) is 18.0 Å². The number of nitrogens with zero attached hydrogens (tertiary/aromatic N) is 1. The van der Waals surface area contributed by atoms with Gasteiger partial charge in [0.1, 0.15) is 0 Å². The highest BCUT2D eigenvalue weighted by atomic mass is 79.9. The maximum Gasteiger partial charge on any atom is 0.243 e. The molecule has 0 aliphatic heterocycles. The number of ketones is 1.